The van der Waals surface area contributed by atoms with Crippen LogP contribution in [0, 0.1) is 29.1 Å². The number of ketones is 1. The Morgan fingerprint density at radius 3 is 2.50 bits per heavy atom. The zero-order chi connectivity index (χ0) is 25.0. The van der Waals surface area contributed by atoms with Gasteiger partial charge in [-0.2, -0.15) is 0 Å². The van der Waals surface area contributed by atoms with Crippen LogP contribution in [0.2, 0.25) is 0 Å². The molecular formula is C26H33N3O4S. The molecule has 0 radical (unpaired) electrons. The zero-order valence-electron chi connectivity index (χ0n) is 20.6. The standard InChI is InChI=1S/C26H33N3O4S/c1-17-6-8-18(9-7-17)24(31)29(16-22(30)21-15-27-12-13-28(21)5)20-14-19(10-11-26(2,3)4)34-23(20)25(32)33/h12,14-15,17-18H,6-9,13,16H2,1-5H3,(H,32,33)/t17-,18-. The largest absolute Gasteiger partial charge is 0.477 e. The SMILES string of the molecule is CN1CC=NC=C1C(=O)CN(c1cc(C#CC(C)(C)C)sc1C(=O)O)C(=O)[C@H]1CC[C@H](C)CC1. The summed E-state index contributed by atoms with van der Waals surface area (Å²) >= 11 is 1.04. The number of likely N-dealkylation sites (N-methyl/N-ethyl adjacent to an activating group) is 1. The van der Waals surface area contributed by atoms with E-state index in [-0.39, 0.29) is 40.1 Å². The van der Waals surface area contributed by atoms with Gasteiger partial charge in [-0.1, -0.05) is 18.8 Å². The van der Waals surface area contributed by atoms with E-state index in [4.69, 9.17) is 0 Å². The molecule has 0 saturated heterocycles. The first-order chi connectivity index (χ1) is 16.0. The van der Waals surface area contributed by atoms with E-state index in [1.54, 1.807) is 24.2 Å². The molecule has 0 bridgehead atoms. The number of hydrogen-bond donors (Lipinski definition) is 1. The number of nitrogens with zero attached hydrogens (tertiary/aromatic N) is 3. The van der Waals surface area contributed by atoms with E-state index in [0.717, 1.165) is 37.0 Å². The van der Waals surface area contributed by atoms with Crippen molar-refractivity contribution in [2.45, 2.75) is 53.4 Å². The highest BCUT2D eigenvalue weighted by Gasteiger charge is 2.34. The Kier molecular flexibility index (Phi) is 7.98. The molecule has 34 heavy (non-hydrogen) atoms. The molecule has 1 aromatic heterocycles. The normalized spacial score (nSPS) is 20.3. The quantitative estimate of drug-likeness (QED) is 0.605. The van der Waals surface area contributed by atoms with Crippen LogP contribution >= 0.6 is 11.3 Å². The number of Topliss-reactive ketones (excluding diaryl/α,β-unsaturated/α-hetero) is 1. The number of rotatable bonds is 6. The van der Waals surface area contributed by atoms with Crippen LogP contribution in [-0.4, -0.2) is 54.0 Å². The smallest absolute Gasteiger partial charge is 0.348 e. The number of carboxylic acid groups (broad SMARTS) is 1. The van der Waals surface area contributed by atoms with E-state index in [1.165, 1.54) is 11.1 Å². The van der Waals surface area contributed by atoms with Crippen LogP contribution in [0.4, 0.5) is 5.69 Å². The minimum absolute atomic E-state index is 0.0209. The Hall–Kier alpha value is -2.92. The van der Waals surface area contributed by atoms with Gasteiger partial charge in [0.1, 0.15) is 10.6 Å². The van der Waals surface area contributed by atoms with E-state index in [0.29, 0.717) is 23.0 Å². The van der Waals surface area contributed by atoms with Gasteiger partial charge in [-0.3, -0.25) is 14.6 Å². The van der Waals surface area contributed by atoms with Crippen molar-refractivity contribution in [2.24, 2.45) is 22.2 Å². The average molecular weight is 484 g/mol. The van der Waals surface area contributed by atoms with Crippen molar-refractivity contribution < 1.29 is 19.5 Å². The van der Waals surface area contributed by atoms with Crippen molar-refractivity contribution in [3.63, 3.8) is 0 Å². The summed E-state index contributed by atoms with van der Waals surface area (Å²) in [6.45, 7) is 8.36. The van der Waals surface area contributed by atoms with E-state index in [9.17, 15) is 19.5 Å². The number of amides is 1. The number of hydrogen-bond acceptors (Lipinski definition) is 6. The van der Waals surface area contributed by atoms with Crippen molar-refractivity contribution in [3.8, 4) is 11.8 Å². The molecule has 0 aromatic carbocycles. The maximum atomic E-state index is 13.7. The molecule has 0 atom stereocenters. The molecule has 0 unspecified atom stereocenters. The van der Waals surface area contributed by atoms with Gasteiger partial charge in [0.25, 0.3) is 0 Å². The van der Waals surface area contributed by atoms with Crippen LogP contribution < -0.4 is 4.90 Å². The fourth-order valence-electron chi connectivity index (χ4n) is 4.05. The third-order valence-corrected chi connectivity index (χ3v) is 7.07. The van der Waals surface area contributed by atoms with Crippen molar-refractivity contribution >= 4 is 40.9 Å². The molecular weight excluding hydrogens is 450 g/mol. The number of aromatic carboxylic acids is 1. The minimum atomic E-state index is -1.13. The second-order valence-electron chi connectivity index (χ2n) is 10.2. The maximum absolute atomic E-state index is 13.7. The molecule has 8 heteroatoms. The number of aliphatic imine (C=N–C) groups is 1. The van der Waals surface area contributed by atoms with Gasteiger partial charge in [-0.15, -0.1) is 11.3 Å². The summed E-state index contributed by atoms with van der Waals surface area (Å²) in [5, 5.41) is 9.91. The zero-order valence-corrected chi connectivity index (χ0v) is 21.4. The Bertz CT molecular complexity index is 1080. The lowest BCUT2D eigenvalue weighted by atomic mass is 9.82. The van der Waals surface area contributed by atoms with Gasteiger partial charge < -0.3 is 14.9 Å². The summed E-state index contributed by atoms with van der Waals surface area (Å²) in [4.78, 5) is 46.9. The predicted octanol–water partition coefficient (Wildman–Crippen LogP) is 4.43. The number of carbonyl (C=O) groups excluding carboxylic acids is 2. The number of carbonyl (C=O) groups is 3. The van der Waals surface area contributed by atoms with E-state index in [2.05, 4.69) is 23.8 Å². The summed E-state index contributed by atoms with van der Waals surface area (Å²) in [5.41, 5.74) is 0.392. The Labute approximate surface area is 205 Å². The van der Waals surface area contributed by atoms with E-state index in [1.807, 2.05) is 20.8 Å². The Morgan fingerprint density at radius 1 is 1.24 bits per heavy atom. The van der Waals surface area contributed by atoms with Gasteiger partial charge in [0.15, 0.2) is 5.78 Å². The highest BCUT2D eigenvalue weighted by atomic mass is 32.1. The molecule has 1 fully saturated rings. The lowest BCUT2D eigenvalue weighted by Gasteiger charge is -2.31. The molecule has 1 N–H and O–H groups in total. The van der Waals surface area contributed by atoms with Gasteiger partial charge in [0, 0.05) is 24.6 Å². The maximum Gasteiger partial charge on any atom is 0.348 e. The van der Waals surface area contributed by atoms with E-state index < -0.39 is 5.97 Å². The average Bonchev–Trinajstić information content (AvgIpc) is 3.20. The van der Waals surface area contributed by atoms with Gasteiger partial charge in [0.05, 0.1) is 29.9 Å². The van der Waals surface area contributed by atoms with Crippen LogP contribution in [0.3, 0.4) is 0 Å². The highest BCUT2D eigenvalue weighted by Crippen LogP contribution is 2.35. The van der Waals surface area contributed by atoms with Crippen LogP contribution in [-0.2, 0) is 9.59 Å². The molecule has 1 aliphatic heterocycles. The molecule has 2 heterocycles. The first-order valence-electron chi connectivity index (χ1n) is 11.6. The molecule has 1 saturated carbocycles. The van der Waals surface area contributed by atoms with Gasteiger partial charge in [-0.25, -0.2) is 4.79 Å². The number of anilines is 1. The Balaban J connectivity index is 2.01. The van der Waals surface area contributed by atoms with Gasteiger partial charge in [0.2, 0.25) is 5.91 Å². The first kappa shape index (κ1) is 25.7. The van der Waals surface area contributed by atoms with Crippen molar-refractivity contribution in [1.29, 1.82) is 0 Å². The Morgan fingerprint density at radius 2 is 1.91 bits per heavy atom. The lowest BCUT2D eigenvalue weighted by molar-refractivity contribution is -0.125. The van der Waals surface area contributed by atoms with Gasteiger partial charge in [-0.05, 0) is 58.4 Å². The second kappa shape index (κ2) is 10.6. The van der Waals surface area contributed by atoms with Crippen molar-refractivity contribution in [1.82, 2.24) is 4.90 Å². The van der Waals surface area contributed by atoms with Crippen molar-refractivity contribution in [3.05, 3.63) is 27.7 Å². The van der Waals surface area contributed by atoms with Crippen LogP contribution in [0.1, 0.15) is 67.9 Å². The van der Waals surface area contributed by atoms with Crippen LogP contribution in [0.5, 0.6) is 0 Å². The van der Waals surface area contributed by atoms with Crippen LogP contribution in [0.15, 0.2) is 23.0 Å². The molecule has 1 aliphatic carbocycles. The first-order valence-corrected chi connectivity index (χ1v) is 12.5. The number of carboxylic acids is 1. The molecule has 1 aromatic rings. The summed E-state index contributed by atoms with van der Waals surface area (Å²) in [6.07, 6.45) is 6.55. The molecule has 2 aliphatic rings. The number of thiophene rings is 1. The lowest BCUT2D eigenvalue weighted by Crippen LogP contribution is -2.43. The van der Waals surface area contributed by atoms with Crippen LogP contribution in [0.25, 0.3) is 0 Å². The van der Waals surface area contributed by atoms with E-state index >= 15 is 0 Å². The molecule has 7 nitrogen and oxygen atoms in total. The molecule has 0 spiro atoms. The molecule has 3 rings (SSSR count). The summed E-state index contributed by atoms with van der Waals surface area (Å²) in [7, 11) is 1.79. The van der Waals surface area contributed by atoms with Gasteiger partial charge >= 0.3 is 5.97 Å². The minimum Gasteiger partial charge on any atom is -0.477 e. The fourth-order valence-corrected chi connectivity index (χ4v) is 4.91. The summed E-state index contributed by atoms with van der Waals surface area (Å²) in [5.74, 6) is 4.89. The van der Waals surface area contributed by atoms with Crippen molar-refractivity contribution in [2.75, 3.05) is 25.0 Å². The second-order valence-corrected chi connectivity index (χ2v) is 11.2. The topological polar surface area (TPSA) is 90.3 Å². The summed E-state index contributed by atoms with van der Waals surface area (Å²) < 4.78 is 0. The fraction of sp³-hybridized carbons (Fsp3) is 0.538. The predicted molar refractivity (Wildman–Crippen MR) is 135 cm³/mol. The molecule has 1 amide bonds. The molecule has 182 valence electrons. The monoisotopic (exact) mass is 483 g/mol. The summed E-state index contributed by atoms with van der Waals surface area (Å²) in [6, 6.07) is 1.64. The third kappa shape index (κ3) is 6.35. The highest BCUT2D eigenvalue weighted by molar-refractivity contribution is 7.15. The third-order valence-electron chi connectivity index (χ3n) is 6.05.